The van der Waals surface area contributed by atoms with Crippen molar-refractivity contribution in [3.05, 3.63) is 75.3 Å². The number of carboxylic acids is 1. The predicted molar refractivity (Wildman–Crippen MR) is 114 cm³/mol. The molecule has 0 bridgehead atoms. The third kappa shape index (κ3) is 4.76. The first-order valence-electron chi connectivity index (χ1n) is 9.85. The lowest BCUT2D eigenvalue weighted by atomic mass is 10.1. The number of anilines is 1. The van der Waals surface area contributed by atoms with Crippen molar-refractivity contribution >= 4 is 22.6 Å². The van der Waals surface area contributed by atoms with Crippen LogP contribution in [0.25, 0.3) is 10.9 Å². The lowest BCUT2D eigenvalue weighted by molar-refractivity contribution is -0.137. The molecule has 0 aliphatic carbocycles. The van der Waals surface area contributed by atoms with E-state index in [0.29, 0.717) is 17.6 Å². The maximum absolute atomic E-state index is 14.9. The Morgan fingerprint density at radius 3 is 2.47 bits per heavy atom. The van der Waals surface area contributed by atoms with Gasteiger partial charge in [0, 0.05) is 31.7 Å². The lowest BCUT2D eigenvalue weighted by Crippen LogP contribution is -2.22. The largest absolute Gasteiger partial charge is 0.477 e. The Kier molecular flexibility index (Phi) is 6.29. The van der Waals surface area contributed by atoms with E-state index in [1.54, 1.807) is 4.57 Å². The van der Waals surface area contributed by atoms with Crippen molar-refractivity contribution in [1.82, 2.24) is 4.57 Å². The highest BCUT2D eigenvalue weighted by atomic mass is 19.4. The number of rotatable bonds is 6. The Bertz CT molecular complexity index is 1230. The lowest BCUT2D eigenvalue weighted by Gasteiger charge is -2.22. The molecule has 5 nitrogen and oxygen atoms in total. The fourth-order valence-corrected chi connectivity index (χ4v) is 3.59. The highest BCUT2D eigenvalue weighted by molar-refractivity contribution is 5.93. The van der Waals surface area contributed by atoms with E-state index in [1.807, 2.05) is 13.8 Å². The van der Waals surface area contributed by atoms with Crippen LogP contribution in [-0.2, 0) is 19.3 Å². The minimum absolute atomic E-state index is 0.00598. The van der Waals surface area contributed by atoms with Crippen molar-refractivity contribution in [2.24, 2.45) is 5.92 Å². The molecule has 0 saturated heterocycles. The van der Waals surface area contributed by atoms with E-state index in [1.165, 1.54) is 36.3 Å². The number of carbonyl (C=O) groups is 1. The van der Waals surface area contributed by atoms with Crippen molar-refractivity contribution in [2.45, 2.75) is 33.1 Å². The van der Waals surface area contributed by atoms with Crippen LogP contribution in [-0.4, -0.2) is 22.7 Å². The Hall–Kier alpha value is -3.36. The molecule has 0 amide bonds. The molecule has 32 heavy (non-hydrogen) atoms. The van der Waals surface area contributed by atoms with Crippen LogP contribution >= 0.6 is 0 Å². The zero-order valence-corrected chi connectivity index (χ0v) is 17.7. The summed E-state index contributed by atoms with van der Waals surface area (Å²) in [5.41, 5.74) is -1.28. The van der Waals surface area contributed by atoms with Crippen LogP contribution in [0.4, 0.5) is 23.2 Å². The highest BCUT2D eigenvalue weighted by Gasteiger charge is 2.30. The number of nitrogens with zero attached hydrogens (tertiary/aromatic N) is 2. The Labute approximate surface area is 181 Å². The van der Waals surface area contributed by atoms with E-state index in [9.17, 15) is 32.3 Å². The minimum atomic E-state index is -4.49. The molecular weight excluding hydrogens is 428 g/mol. The van der Waals surface area contributed by atoms with Gasteiger partial charge >= 0.3 is 12.1 Å². The molecule has 3 aromatic rings. The monoisotopic (exact) mass is 450 g/mol. The molecule has 2 aromatic carbocycles. The molecule has 1 N–H and O–H groups in total. The summed E-state index contributed by atoms with van der Waals surface area (Å²) < 4.78 is 55.5. The van der Waals surface area contributed by atoms with E-state index in [4.69, 9.17) is 0 Å². The predicted octanol–water partition coefficient (Wildman–Crippen LogP) is 5.15. The number of aromatic nitrogens is 1. The van der Waals surface area contributed by atoms with Crippen molar-refractivity contribution in [1.29, 1.82) is 0 Å². The summed E-state index contributed by atoms with van der Waals surface area (Å²) in [6.45, 7) is 4.20. The maximum Gasteiger partial charge on any atom is 0.416 e. The van der Waals surface area contributed by atoms with Crippen LogP contribution < -0.4 is 10.3 Å². The number of aromatic carboxylic acids is 1. The van der Waals surface area contributed by atoms with Crippen LogP contribution in [0.15, 0.2) is 47.4 Å². The SMILES string of the molecule is CC(C)Cn1cc(C(=O)O)c(=O)c2cc(F)c(N(C)Cc3cccc(C(F)(F)F)c3)cc21. The molecule has 1 heterocycles. The number of fused-ring (bicyclic) bond motifs is 1. The number of benzene rings is 2. The first-order chi connectivity index (χ1) is 14.9. The van der Waals surface area contributed by atoms with Gasteiger partial charge in [-0.15, -0.1) is 0 Å². The summed E-state index contributed by atoms with van der Waals surface area (Å²) in [5.74, 6) is -2.07. The Balaban J connectivity index is 2.09. The number of alkyl halides is 3. The number of hydrogen-bond donors (Lipinski definition) is 1. The molecule has 0 unspecified atom stereocenters. The molecule has 0 fully saturated rings. The average molecular weight is 450 g/mol. The topological polar surface area (TPSA) is 62.5 Å². The second kappa shape index (κ2) is 8.64. The second-order valence-corrected chi connectivity index (χ2v) is 8.10. The van der Waals surface area contributed by atoms with E-state index in [2.05, 4.69) is 0 Å². The molecule has 0 saturated carbocycles. The van der Waals surface area contributed by atoms with Gasteiger partial charge in [-0.2, -0.15) is 13.2 Å². The summed E-state index contributed by atoms with van der Waals surface area (Å²) in [4.78, 5) is 25.5. The van der Waals surface area contributed by atoms with Gasteiger partial charge < -0.3 is 14.6 Å². The fraction of sp³-hybridized carbons (Fsp3) is 0.304. The van der Waals surface area contributed by atoms with Gasteiger partial charge in [-0.3, -0.25) is 4.79 Å². The molecular formula is C23H22F4N2O3. The highest BCUT2D eigenvalue weighted by Crippen LogP contribution is 2.31. The van der Waals surface area contributed by atoms with Crippen LogP contribution in [0.1, 0.15) is 35.3 Å². The zero-order valence-electron chi connectivity index (χ0n) is 17.7. The van der Waals surface area contributed by atoms with Crippen molar-refractivity contribution in [3.63, 3.8) is 0 Å². The van der Waals surface area contributed by atoms with Gasteiger partial charge in [0.15, 0.2) is 0 Å². The van der Waals surface area contributed by atoms with Gasteiger partial charge in [-0.25, -0.2) is 9.18 Å². The van der Waals surface area contributed by atoms with Crippen LogP contribution in [0, 0.1) is 11.7 Å². The van der Waals surface area contributed by atoms with Gasteiger partial charge in [0.2, 0.25) is 5.43 Å². The molecule has 0 radical (unpaired) electrons. The smallest absolute Gasteiger partial charge is 0.416 e. The summed E-state index contributed by atoms with van der Waals surface area (Å²) in [5, 5.41) is 9.27. The minimum Gasteiger partial charge on any atom is -0.477 e. The van der Waals surface area contributed by atoms with Crippen molar-refractivity contribution in [3.8, 4) is 0 Å². The second-order valence-electron chi connectivity index (χ2n) is 8.10. The first-order valence-corrected chi connectivity index (χ1v) is 9.85. The molecule has 9 heteroatoms. The normalized spacial score (nSPS) is 11.9. The number of pyridine rings is 1. The standard InChI is InChI=1S/C23H22F4N2O3/c1-13(2)10-29-12-17(22(31)32)21(30)16-8-18(24)20(9-19(16)29)28(3)11-14-5-4-6-15(7-14)23(25,26)27/h4-9,12-13H,10-11H2,1-3H3,(H,31,32). The third-order valence-corrected chi connectivity index (χ3v) is 5.03. The quantitative estimate of drug-likeness (QED) is 0.528. The van der Waals surface area contributed by atoms with E-state index < -0.39 is 34.5 Å². The molecule has 0 aliphatic rings. The maximum atomic E-state index is 14.9. The van der Waals surface area contributed by atoms with Gasteiger partial charge in [0.05, 0.1) is 16.8 Å². The van der Waals surface area contributed by atoms with Crippen LogP contribution in [0.5, 0.6) is 0 Å². The van der Waals surface area contributed by atoms with Gasteiger partial charge in [-0.05, 0) is 35.7 Å². The summed E-state index contributed by atoms with van der Waals surface area (Å²) in [6, 6.07) is 7.18. The molecule has 170 valence electrons. The van der Waals surface area contributed by atoms with Crippen molar-refractivity contribution < 1.29 is 27.5 Å². The number of carboxylic acid groups (broad SMARTS) is 1. The third-order valence-electron chi connectivity index (χ3n) is 5.03. The Morgan fingerprint density at radius 1 is 1.19 bits per heavy atom. The molecule has 3 rings (SSSR count). The summed E-state index contributed by atoms with van der Waals surface area (Å²) in [7, 11) is 1.53. The van der Waals surface area contributed by atoms with Gasteiger partial charge in [0.25, 0.3) is 0 Å². The summed E-state index contributed by atoms with van der Waals surface area (Å²) in [6.07, 6.45) is -3.25. The first kappa shape index (κ1) is 23.3. The molecule has 0 aliphatic heterocycles. The Morgan fingerprint density at radius 2 is 1.88 bits per heavy atom. The van der Waals surface area contributed by atoms with Gasteiger partial charge in [0.1, 0.15) is 11.4 Å². The van der Waals surface area contributed by atoms with Gasteiger partial charge in [-0.1, -0.05) is 26.0 Å². The van der Waals surface area contributed by atoms with Crippen LogP contribution in [0.2, 0.25) is 0 Å². The van der Waals surface area contributed by atoms with Crippen LogP contribution in [0.3, 0.4) is 0 Å². The average Bonchev–Trinajstić information content (AvgIpc) is 2.68. The number of hydrogen-bond acceptors (Lipinski definition) is 3. The fourth-order valence-electron chi connectivity index (χ4n) is 3.59. The molecule has 0 spiro atoms. The molecule has 0 atom stereocenters. The van der Waals surface area contributed by atoms with E-state index in [-0.39, 0.29) is 23.5 Å². The van der Waals surface area contributed by atoms with E-state index >= 15 is 0 Å². The zero-order chi connectivity index (χ0) is 23.8. The summed E-state index contributed by atoms with van der Waals surface area (Å²) >= 11 is 0. The van der Waals surface area contributed by atoms with E-state index in [0.717, 1.165) is 18.2 Å². The van der Waals surface area contributed by atoms with Crippen molar-refractivity contribution in [2.75, 3.05) is 11.9 Å². The molecule has 1 aromatic heterocycles. The number of halogens is 4.